The van der Waals surface area contributed by atoms with Gasteiger partial charge in [-0.25, -0.2) is 8.42 Å². The summed E-state index contributed by atoms with van der Waals surface area (Å²) in [6.45, 7) is -0.0998. The van der Waals surface area contributed by atoms with Crippen LogP contribution < -0.4 is 10.1 Å². The monoisotopic (exact) mass is 356 g/mol. The third-order valence-electron chi connectivity index (χ3n) is 3.87. The van der Waals surface area contributed by atoms with Crippen LogP contribution in [0.3, 0.4) is 0 Å². The topological polar surface area (TPSA) is 113 Å². The van der Waals surface area contributed by atoms with Crippen molar-refractivity contribution in [3.63, 3.8) is 0 Å². The van der Waals surface area contributed by atoms with Crippen LogP contribution >= 0.6 is 0 Å². The number of carbonyl (C=O) groups is 2. The molecule has 2 N–H and O–H groups in total. The molecule has 0 bridgehead atoms. The summed E-state index contributed by atoms with van der Waals surface area (Å²) in [4.78, 5) is 22.6. The number of piperidine rings is 1. The Balaban J connectivity index is 2.09. The molecule has 1 heterocycles. The number of rotatable bonds is 6. The third-order valence-corrected chi connectivity index (χ3v) is 5.75. The van der Waals surface area contributed by atoms with Crippen LogP contribution in [0, 0.1) is 5.92 Å². The van der Waals surface area contributed by atoms with Crippen LogP contribution in [0.5, 0.6) is 5.75 Å². The molecule has 1 aliphatic heterocycles. The Morgan fingerprint density at radius 3 is 2.58 bits per heavy atom. The second-order valence-corrected chi connectivity index (χ2v) is 7.43. The Kier molecular flexibility index (Phi) is 5.79. The number of sulfonamides is 1. The van der Waals surface area contributed by atoms with E-state index in [-0.39, 0.29) is 11.4 Å². The molecule has 1 saturated heterocycles. The average molecular weight is 356 g/mol. The molecule has 1 aliphatic rings. The van der Waals surface area contributed by atoms with Gasteiger partial charge < -0.3 is 15.2 Å². The molecule has 0 spiro atoms. The highest BCUT2D eigenvalue weighted by Crippen LogP contribution is 2.25. The van der Waals surface area contributed by atoms with Crippen molar-refractivity contribution < 1.29 is 27.9 Å². The van der Waals surface area contributed by atoms with Crippen LogP contribution in [0.25, 0.3) is 0 Å². The third kappa shape index (κ3) is 4.24. The Morgan fingerprint density at radius 2 is 2.00 bits per heavy atom. The molecule has 1 aromatic carbocycles. The first-order chi connectivity index (χ1) is 11.3. The highest BCUT2D eigenvalue weighted by atomic mass is 32.2. The predicted octanol–water partition coefficient (Wildman–Crippen LogP) is 0.297. The molecule has 8 nitrogen and oxygen atoms in total. The number of methoxy groups -OCH3 is 1. The molecule has 1 amide bonds. The van der Waals surface area contributed by atoms with Crippen LogP contribution in [0.1, 0.15) is 12.8 Å². The largest absolute Gasteiger partial charge is 0.497 e. The number of carbonyl (C=O) groups excluding carboxylic acids is 1. The first kappa shape index (κ1) is 18.2. The number of benzene rings is 1. The van der Waals surface area contributed by atoms with Crippen molar-refractivity contribution >= 4 is 21.9 Å². The Morgan fingerprint density at radius 1 is 1.33 bits per heavy atom. The molecule has 1 atom stereocenters. The molecule has 132 valence electrons. The molecule has 0 saturated carbocycles. The maximum atomic E-state index is 12.7. The van der Waals surface area contributed by atoms with Crippen molar-refractivity contribution in [2.75, 3.05) is 26.7 Å². The van der Waals surface area contributed by atoms with Crippen LogP contribution in [0.15, 0.2) is 29.2 Å². The van der Waals surface area contributed by atoms with Gasteiger partial charge in [-0.1, -0.05) is 0 Å². The SMILES string of the molecule is COc1ccc(S(=O)(=O)N2CCCC(C(=O)NCC(=O)O)C2)cc1. The molecule has 0 aliphatic carbocycles. The predicted molar refractivity (Wildman–Crippen MR) is 85.1 cm³/mol. The lowest BCUT2D eigenvalue weighted by molar-refractivity contribution is -0.138. The standard InChI is InChI=1S/C15H20N2O6S/c1-23-12-4-6-13(7-5-12)24(21,22)17-8-2-3-11(10-17)15(20)16-9-14(18)19/h4-7,11H,2-3,8-10H2,1H3,(H,16,20)(H,18,19). The summed E-state index contributed by atoms with van der Waals surface area (Å²) in [7, 11) is -2.21. The summed E-state index contributed by atoms with van der Waals surface area (Å²) < 4.78 is 31.6. The molecular formula is C15H20N2O6S. The van der Waals surface area contributed by atoms with Gasteiger partial charge >= 0.3 is 5.97 Å². The number of hydrogen-bond acceptors (Lipinski definition) is 5. The van der Waals surface area contributed by atoms with Gasteiger partial charge in [-0.15, -0.1) is 0 Å². The zero-order valence-corrected chi connectivity index (χ0v) is 14.1. The molecule has 24 heavy (non-hydrogen) atoms. The van der Waals surface area contributed by atoms with Gasteiger partial charge in [-0.3, -0.25) is 9.59 Å². The fourth-order valence-electron chi connectivity index (χ4n) is 2.58. The quantitative estimate of drug-likeness (QED) is 0.758. The van der Waals surface area contributed by atoms with Gasteiger partial charge in [0, 0.05) is 13.1 Å². The van der Waals surface area contributed by atoms with E-state index in [1.165, 1.54) is 23.5 Å². The van der Waals surface area contributed by atoms with Gasteiger partial charge in [0.15, 0.2) is 0 Å². The molecule has 1 unspecified atom stereocenters. The minimum absolute atomic E-state index is 0.0415. The second kappa shape index (κ2) is 7.63. The summed E-state index contributed by atoms with van der Waals surface area (Å²) in [5.41, 5.74) is 0. The summed E-state index contributed by atoms with van der Waals surface area (Å²) in [5.74, 6) is -1.57. The first-order valence-electron chi connectivity index (χ1n) is 7.48. The highest BCUT2D eigenvalue weighted by molar-refractivity contribution is 7.89. The Hall–Kier alpha value is -2.13. The lowest BCUT2D eigenvalue weighted by Gasteiger charge is -2.31. The molecule has 1 fully saturated rings. The number of hydrogen-bond donors (Lipinski definition) is 2. The Labute approximate surface area is 140 Å². The van der Waals surface area contributed by atoms with Crippen LogP contribution in [0.2, 0.25) is 0 Å². The number of carboxylic acids is 1. The molecule has 0 radical (unpaired) electrons. The van der Waals surface area contributed by atoms with E-state index < -0.39 is 34.4 Å². The zero-order valence-electron chi connectivity index (χ0n) is 13.3. The van der Waals surface area contributed by atoms with Crippen molar-refractivity contribution in [3.05, 3.63) is 24.3 Å². The molecular weight excluding hydrogens is 336 g/mol. The van der Waals surface area contributed by atoms with Gasteiger partial charge in [-0.2, -0.15) is 4.31 Å². The summed E-state index contributed by atoms with van der Waals surface area (Å²) in [6.07, 6.45) is 1.07. The fourth-order valence-corrected chi connectivity index (χ4v) is 4.10. The van der Waals surface area contributed by atoms with Gasteiger partial charge in [-0.05, 0) is 37.1 Å². The molecule has 1 aromatic rings. The highest BCUT2D eigenvalue weighted by Gasteiger charge is 2.33. The first-order valence-corrected chi connectivity index (χ1v) is 8.92. The van der Waals surface area contributed by atoms with E-state index in [1.807, 2.05) is 0 Å². The Bertz CT molecular complexity index is 701. The summed E-state index contributed by atoms with van der Waals surface area (Å²) >= 11 is 0. The van der Waals surface area contributed by atoms with E-state index in [1.54, 1.807) is 12.1 Å². The number of nitrogens with zero attached hydrogens (tertiary/aromatic N) is 1. The molecule has 2 rings (SSSR count). The average Bonchev–Trinajstić information content (AvgIpc) is 2.59. The van der Waals surface area contributed by atoms with Crippen molar-refractivity contribution in [3.8, 4) is 5.75 Å². The van der Waals surface area contributed by atoms with Gasteiger partial charge in [0.05, 0.1) is 17.9 Å². The molecule has 9 heteroatoms. The van der Waals surface area contributed by atoms with E-state index in [0.29, 0.717) is 25.1 Å². The minimum Gasteiger partial charge on any atom is -0.497 e. The minimum atomic E-state index is -3.70. The van der Waals surface area contributed by atoms with Gasteiger partial charge in [0.1, 0.15) is 12.3 Å². The lowest BCUT2D eigenvalue weighted by Crippen LogP contribution is -2.46. The second-order valence-electron chi connectivity index (χ2n) is 5.49. The number of carboxylic acid groups (broad SMARTS) is 1. The van der Waals surface area contributed by atoms with E-state index in [2.05, 4.69) is 5.32 Å². The number of nitrogens with one attached hydrogen (secondary N) is 1. The van der Waals surface area contributed by atoms with Gasteiger partial charge in [0.25, 0.3) is 0 Å². The van der Waals surface area contributed by atoms with Crippen molar-refractivity contribution in [1.29, 1.82) is 0 Å². The van der Waals surface area contributed by atoms with Crippen molar-refractivity contribution in [2.45, 2.75) is 17.7 Å². The smallest absolute Gasteiger partial charge is 0.322 e. The fraction of sp³-hybridized carbons (Fsp3) is 0.467. The maximum absolute atomic E-state index is 12.7. The summed E-state index contributed by atoms with van der Waals surface area (Å²) in [5, 5.41) is 10.9. The zero-order chi connectivity index (χ0) is 17.7. The van der Waals surface area contributed by atoms with Gasteiger partial charge in [0.2, 0.25) is 15.9 Å². The van der Waals surface area contributed by atoms with Crippen molar-refractivity contribution in [1.82, 2.24) is 9.62 Å². The number of amides is 1. The van der Waals surface area contributed by atoms with E-state index in [4.69, 9.17) is 9.84 Å². The molecule has 0 aromatic heterocycles. The van der Waals surface area contributed by atoms with Crippen molar-refractivity contribution in [2.24, 2.45) is 5.92 Å². The normalized spacial score (nSPS) is 18.8. The van der Waals surface area contributed by atoms with E-state index >= 15 is 0 Å². The maximum Gasteiger partial charge on any atom is 0.322 e. The van der Waals surface area contributed by atoms with E-state index in [9.17, 15) is 18.0 Å². The van der Waals surface area contributed by atoms with E-state index in [0.717, 1.165) is 0 Å². The van der Waals surface area contributed by atoms with Crippen LogP contribution in [0.4, 0.5) is 0 Å². The summed E-state index contributed by atoms with van der Waals surface area (Å²) in [6, 6.07) is 6.05. The van der Waals surface area contributed by atoms with Crippen LogP contribution in [-0.2, 0) is 19.6 Å². The van der Waals surface area contributed by atoms with Crippen LogP contribution in [-0.4, -0.2) is 56.5 Å². The number of ether oxygens (including phenoxy) is 1. The number of aliphatic carboxylic acids is 1. The lowest BCUT2D eigenvalue weighted by atomic mass is 9.99.